The molecule has 0 aromatic carbocycles. The van der Waals surface area contributed by atoms with Crippen molar-refractivity contribution >= 4 is 0 Å². The van der Waals surface area contributed by atoms with E-state index in [-0.39, 0.29) is 0 Å². The highest BCUT2D eigenvalue weighted by Crippen LogP contribution is 2.37. The second-order valence-electron chi connectivity index (χ2n) is 19.6. The molecule has 36 heteroatoms. The average molecular weight is 1150 g/mol. The van der Waals surface area contributed by atoms with E-state index in [1.165, 1.54) is 0 Å². The van der Waals surface area contributed by atoms with Crippen LogP contribution in [0.3, 0.4) is 0 Å². The second kappa shape index (κ2) is 27.5. The van der Waals surface area contributed by atoms with Crippen LogP contribution in [0.25, 0.3) is 0 Å². The van der Waals surface area contributed by atoms with Crippen molar-refractivity contribution in [2.45, 2.75) is 215 Å². The molecule has 7 rings (SSSR count). The van der Waals surface area contributed by atoms with E-state index in [4.69, 9.17) is 61.6 Å². The summed E-state index contributed by atoms with van der Waals surface area (Å²) in [5.74, 6) is 0. The molecule has 23 N–H and O–H groups in total. The summed E-state index contributed by atoms with van der Waals surface area (Å²) in [7, 11) is 0. The minimum absolute atomic E-state index is 0.843. The maximum Gasteiger partial charge on any atom is 0.187 e. The first-order valence-electron chi connectivity index (χ1n) is 24.7. The summed E-state index contributed by atoms with van der Waals surface area (Å²) in [6, 6.07) is 0. The summed E-state index contributed by atoms with van der Waals surface area (Å²) in [6.07, 6.45) is -67.4. The predicted octanol–water partition coefficient (Wildman–Crippen LogP) is -16.3. The monoisotopic (exact) mass is 1150 g/mol. The van der Waals surface area contributed by atoms with E-state index in [0.717, 1.165) is 0 Å². The highest BCUT2D eigenvalue weighted by Gasteiger charge is 2.58. The summed E-state index contributed by atoms with van der Waals surface area (Å²) >= 11 is 0. The van der Waals surface area contributed by atoms with Crippen LogP contribution in [0.5, 0.6) is 0 Å². The van der Waals surface area contributed by atoms with Crippen molar-refractivity contribution < 1.29 is 179 Å². The third kappa shape index (κ3) is 12.9. The molecular weight excluding hydrogens is 1080 g/mol. The van der Waals surface area contributed by atoms with Crippen molar-refractivity contribution in [3.63, 3.8) is 0 Å². The highest BCUT2D eigenvalue weighted by molar-refractivity contribution is 5.01. The van der Waals surface area contributed by atoms with Gasteiger partial charge < -0.3 is 179 Å². The van der Waals surface area contributed by atoms with Crippen molar-refractivity contribution in [2.75, 3.05) is 46.2 Å². The Morgan fingerprint density at radius 2 is 0.372 bits per heavy atom. The van der Waals surface area contributed by atoms with Crippen LogP contribution >= 0.6 is 0 Å². The van der Waals surface area contributed by atoms with E-state index in [9.17, 15) is 117 Å². The Bertz CT molecular complexity index is 1810. The fourth-order valence-electron chi connectivity index (χ4n) is 10.0. The SMILES string of the molecule is OC[C@H]1O[C@@H](O[C@H]2[C@H](O)[C@H](O)[C@H](O[C@H]3[C@H](O)[C@@H](O)[C@H](O[C@H]4[C@H](O)[C@@H](O)[C@H](O[C@H]5[C@H](O)[C@H](O)[C@H](O[C@H]6[C@H](O)[C@@H](O)[C@H](O[C@H]7[C@H](O)[C@H](O)[C@H](O)O[C@@H]7CO)O[C@@H]6CO)O[C@@H]5CO)O[C@@H]4CO)O[C@@H]3CO)O[C@@H]2CO)[C@H](O)[C@@H](O)[C@@H]1O. The normalized spacial score (nSPS) is 53.5. The lowest BCUT2D eigenvalue weighted by molar-refractivity contribution is -0.398. The summed E-state index contributed by atoms with van der Waals surface area (Å²) in [4.78, 5) is 0. The third-order valence-corrected chi connectivity index (χ3v) is 14.5. The number of aliphatic hydroxyl groups excluding tert-OH is 23. The van der Waals surface area contributed by atoms with Gasteiger partial charge in [0.2, 0.25) is 0 Å². The molecule has 0 aliphatic carbocycles. The molecule has 78 heavy (non-hydrogen) atoms. The molecular formula is C42H72O36. The minimum Gasteiger partial charge on any atom is -0.394 e. The van der Waals surface area contributed by atoms with Gasteiger partial charge in [-0.1, -0.05) is 0 Å². The Morgan fingerprint density at radius 1 is 0.192 bits per heavy atom. The summed E-state index contributed by atoms with van der Waals surface area (Å²) in [6.45, 7) is -6.86. The lowest BCUT2D eigenvalue weighted by Gasteiger charge is -2.50. The van der Waals surface area contributed by atoms with Gasteiger partial charge in [-0.2, -0.15) is 0 Å². The molecule has 7 saturated heterocycles. The molecule has 0 saturated carbocycles. The van der Waals surface area contributed by atoms with Crippen molar-refractivity contribution in [3.8, 4) is 0 Å². The standard InChI is InChI=1S/C42H72O36/c43-1-8-15(50)16(51)24(59)37(67-8)74-31-10(3-45)69-39(26(61)18(31)53)76-33-12(5-47)71-41(28(63)20(33)55)78-35-14(7-49)72-42(29(64)22(35)57)77-34-13(6-48)70-40(27(62)21(34)56)75-32-11(4-46)68-38(25(60)19(32)54)73-30-9(2-44)66-36(65)23(58)17(30)52/h8-65H,1-7H2/t8-,9-,10-,11-,12-,13-,14-,15-,16+,17-,18-,19-,20-,21-,22-,23+,24-,25-,26+,27+,28-,29-,30-,31-,32-,33-,34-,35-,36-,37+,38+,39+,40+,41+,42+/m1/s1. The highest BCUT2D eigenvalue weighted by atomic mass is 16.8. The van der Waals surface area contributed by atoms with Crippen molar-refractivity contribution in [2.24, 2.45) is 0 Å². The molecule has 7 fully saturated rings. The van der Waals surface area contributed by atoms with Gasteiger partial charge in [0, 0.05) is 0 Å². The molecule has 7 aliphatic heterocycles. The lowest BCUT2D eigenvalue weighted by atomic mass is 9.95. The van der Waals surface area contributed by atoms with E-state index in [1.807, 2.05) is 0 Å². The number of aliphatic hydroxyl groups is 23. The Labute approximate surface area is 439 Å². The minimum atomic E-state index is -2.23. The van der Waals surface area contributed by atoms with Crippen LogP contribution in [-0.2, 0) is 61.6 Å². The molecule has 456 valence electrons. The van der Waals surface area contributed by atoms with Gasteiger partial charge in [0.1, 0.15) is 171 Å². The van der Waals surface area contributed by atoms with Gasteiger partial charge in [0.25, 0.3) is 0 Å². The maximum absolute atomic E-state index is 11.3. The van der Waals surface area contributed by atoms with Crippen LogP contribution in [0.1, 0.15) is 0 Å². The van der Waals surface area contributed by atoms with Gasteiger partial charge in [-0.3, -0.25) is 0 Å². The average Bonchev–Trinajstić information content (AvgIpc) is 3.44. The molecule has 0 amide bonds. The Morgan fingerprint density at radius 3 is 0.590 bits per heavy atom. The van der Waals surface area contributed by atoms with Crippen LogP contribution in [0, 0.1) is 0 Å². The Kier molecular flexibility index (Phi) is 22.6. The zero-order valence-electron chi connectivity index (χ0n) is 40.8. The van der Waals surface area contributed by atoms with Crippen molar-refractivity contribution in [1.82, 2.24) is 0 Å². The van der Waals surface area contributed by atoms with Gasteiger partial charge in [-0.25, -0.2) is 0 Å². The molecule has 7 heterocycles. The topological polar surface area (TPSA) is 585 Å². The van der Waals surface area contributed by atoms with Gasteiger partial charge >= 0.3 is 0 Å². The first-order valence-corrected chi connectivity index (χ1v) is 24.7. The number of hydrogen-bond donors (Lipinski definition) is 23. The van der Waals surface area contributed by atoms with Crippen LogP contribution < -0.4 is 0 Å². The second-order valence-corrected chi connectivity index (χ2v) is 19.6. The first-order chi connectivity index (χ1) is 37.0. The lowest BCUT2D eigenvalue weighted by Crippen LogP contribution is -2.68. The maximum atomic E-state index is 11.3. The van der Waals surface area contributed by atoms with Crippen LogP contribution in [-0.4, -0.2) is 379 Å². The molecule has 7 aliphatic rings. The molecule has 35 atom stereocenters. The third-order valence-electron chi connectivity index (χ3n) is 14.5. The molecule has 0 aromatic rings. The molecule has 0 aromatic heterocycles. The van der Waals surface area contributed by atoms with Gasteiger partial charge in [-0.15, -0.1) is 0 Å². The fraction of sp³-hybridized carbons (Fsp3) is 1.00. The molecule has 0 radical (unpaired) electrons. The summed E-state index contributed by atoms with van der Waals surface area (Å²) in [5, 5.41) is 243. The van der Waals surface area contributed by atoms with Crippen LogP contribution in [0.2, 0.25) is 0 Å². The van der Waals surface area contributed by atoms with Crippen LogP contribution in [0.4, 0.5) is 0 Å². The molecule has 0 bridgehead atoms. The summed E-state index contributed by atoms with van der Waals surface area (Å²) in [5.41, 5.74) is 0. The zero-order valence-corrected chi connectivity index (χ0v) is 40.8. The molecule has 36 nitrogen and oxygen atoms in total. The van der Waals surface area contributed by atoms with Gasteiger partial charge in [0.15, 0.2) is 44.0 Å². The fourth-order valence-corrected chi connectivity index (χ4v) is 10.0. The number of ether oxygens (including phenoxy) is 13. The quantitative estimate of drug-likeness (QED) is 0.0571. The molecule has 0 unspecified atom stereocenters. The van der Waals surface area contributed by atoms with E-state index in [1.54, 1.807) is 0 Å². The largest absolute Gasteiger partial charge is 0.394 e. The van der Waals surface area contributed by atoms with E-state index >= 15 is 0 Å². The Balaban J connectivity index is 0.947. The number of rotatable bonds is 19. The van der Waals surface area contributed by atoms with E-state index in [0.29, 0.717) is 0 Å². The van der Waals surface area contributed by atoms with Crippen molar-refractivity contribution in [3.05, 3.63) is 0 Å². The van der Waals surface area contributed by atoms with E-state index < -0.39 is 261 Å². The zero-order chi connectivity index (χ0) is 57.3. The first kappa shape index (κ1) is 64.1. The number of hydrogen-bond acceptors (Lipinski definition) is 36. The predicted molar refractivity (Wildman–Crippen MR) is 232 cm³/mol. The van der Waals surface area contributed by atoms with E-state index in [2.05, 4.69) is 0 Å². The van der Waals surface area contributed by atoms with Crippen LogP contribution in [0.15, 0.2) is 0 Å². The molecule has 0 spiro atoms. The van der Waals surface area contributed by atoms with Crippen molar-refractivity contribution in [1.29, 1.82) is 0 Å². The Hall–Kier alpha value is -1.44. The summed E-state index contributed by atoms with van der Waals surface area (Å²) < 4.78 is 71.9. The smallest absolute Gasteiger partial charge is 0.187 e. The van der Waals surface area contributed by atoms with Gasteiger partial charge in [-0.05, 0) is 0 Å². The van der Waals surface area contributed by atoms with Gasteiger partial charge in [0.05, 0.1) is 46.2 Å².